The molecule has 1 saturated carbocycles. The number of nitrogens with two attached hydrogens (primary N) is 1. The summed E-state index contributed by atoms with van der Waals surface area (Å²) in [5, 5.41) is 9.46. The lowest BCUT2D eigenvalue weighted by Crippen LogP contribution is -2.39. The number of aryl methyl sites for hydroxylation is 1. The monoisotopic (exact) mass is 265 g/mol. The summed E-state index contributed by atoms with van der Waals surface area (Å²) in [5.74, 6) is -0.290. The standard InChI is InChI=1S/C12H19N5O2/c1-17-11(9(7-14-17)10(13)18)16-12(19)15-8-5-3-2-4-6-8/h7-8H,2-6H2,1H3,(H2,13,18)(H2,15,16,19). The van der Waals surface area contributed by atoms with E-state index in [2.05, 4.69) is 15.7 Å². The van der Waals surface area contributed by atoms with Crippen molar-refractivity contribution in [2.24, 2.45) is 12.8 Å². The number of aromatic nitrogens is 2. The van der Waals surface area contributed by atoms with Crippen molar-refractivity contribution in [3.05, 3.63) is 11.8 Å². The lowest BCUT2D eigenvalue weighted by Gasteiger charge is -2.22. The van der Waals surface area contributed by atoms with Gasteiger partial charge in [-0.05, 0) is 12.8 Å². The molecule has 1 aliphatic carbocycles. The van der Waals surface area contributed by atoms with Crippen molar-refractivity contribution in [2.75, 3.05) is 5.32 Å². The fourth-order valence-electron chi connectivity index (χ4n) is 2.34. The second kappa shape index (κ2) is 5.73. The van der Waals surface area contributed by atoms with E-state index >= 15 is 0 Å². The summed E-state index contributed by atoms with van der Waals surface area (Å²) < 4.78 is 1.42. The summed E-state index contributed by atoms with van der Waals surface area (Å²) in [6.45, 7) is 0. The van der Waals surface area contributed by atoms with Gasteiger partial charge in [0.2, 0.25) is 0 Å². The first-order chi connectivity index (χ1) is 9.08. The Kier molecular flexibility index (Phi) is 4.03. The molecule has 0 saturated heterocycles. The van der Waals surface area contributed by atoms with Gasteiger partial charge in [-0.2, -0.15) is 5.10 Å². The maximum absolute atomic E-state index is 11.9. The number of anilines is 1. The minimum Gasteiger partial charge on any atom is -0.365 e. The zero-order valence-corrected chi connectivity index (χ0v) is 11.0. The molecule has 0 aliphatic heterocycles. The topological polar surface area (TPSA) is 102 Å². The molecule has 1 aliphatic rings. The predicted octanol–water partition coefficient (Wildman–Crippen LogP) is 0.973. The highest BCUT2D eigenvalue weighted by Gasteiger charge is 2.19. The highest BCUT2D eigenvalue weighted by Crippen LogP contribution is 2.18. The van der Waals surface area contributed by atoms with Gasteiger partial charge in [-0.1, -0.05) is 19.3 Å². The van der Waals surface area contributed by atoms with E-state index in [0.717, 1.165) is 25.7 Å². The number of carbonyl (C=O) groups excluding carboxylic acids is 2. The van der Waals surface area contributed by atoms with Gasteiger partial charge in [0, 0.05) is 13.1 Å². The Balaban J connectivity index is 1.98. The number of nitrogens with one attached hydrogen (secondary N) is 2. The zero-order valence-electron chi connectivity index (χ0n) is 11.0. The van der Waals surface area contributed by atoms with Crippen LogP contribution in [0.3, 0.4) is 0 Å². The largest absolute Gasteiger partial charge is 0.365 e. The van der Waals surface area contributed by atoms with Crippen LogP contribution in [0.5, 0.6) is 0 Å². The number of nitrogens with zero attached hydrogens (tertiary/aromatic N) is 2. The molecule has 3 amide bonds. The molecule has 0 atom stereocenters. The van der Waals surface area contributed by atoms with Crippen LogP contribution >= 0.6 is 0 Å². The first-order valence-corrected chi connectivity index (χ1v) is 6.47. The minimum atomic E-state index is -0.610. The first kappa shape index (κ1) is 13.4. The van der Waals surface area contributed by atoms with Crippen molar-refractivity contribution in [1.29, 1.82) is 0 Å². The van der Waals surface area contributed by atoms with Gasteiger partial charge >= 0.3 is 6.03 Å². The van der Waals surface area contributed by atoms with Crippen molar-refractivity contribution in [2.45, 2.75) is 38.1 Å². The van der Waals surface area contributed by atoms with Gasteiger partial charge < -0.3 is 11.1 Å². The zero-order chi connectivity index (χ0) is 13.8. The van der Waals surface area contributed by atoms with Crippen LogP contribution < -0.4 is 16.4 Å². The van der Waals surface area contributed by atoms with Gasteiger partial charge in [0.05, 0.1) is 6.20 Å². The van der Waals surface area contributed by atoms with Crippen LogP contribution in [0, 0.1) is 0 Å². The van der Waals surface area contributed by atoms with E-state index < -0.39 is 5.91 Å². The molecular formula is C12H19N5O2. The van der Waals surface area contributed by atoms with Gasteiger partial charge in [0.1, 0.15) is 11.4 Å². The van der Waals surface area contributed by atoms with E-state index in [9.17, 15) is 9.59 Å². The molecule has 0 radical (unpaired) electrons. The molecule has 0 unspecified atom stereocenters. The molecule has 1 aromatic rings. The van der Waals surface area contributed by atoms with Crippen LogP contribution in [0.4, 0.5) is 10.6 Å². The van der Waals surface area contributed by atoms with Gasteiger partial charge in [-0.15, -0.1) is 0 Å². The molecule has 1 fully saturated rings. The highest BCUT2D eigenvalue weighted by atomic mass is 16.2. The van der Waals surface area contributed by atoms with E-state index in [1.54, 1.807) is 7.05 Å². The highest BCUT2D eigenvalue weighted by molar-refractivity contribution is 6.01. The van der Waals surface area contributed by atoms with Crippen LogP contribution in [-0.4, -0.2) is 27.8 Å². The Bertz CT molecular complexity index is 476. The van der Waals surface area contributed by atoms with Crippen molar-refractivity contribution in [3.8, 4) is 0 Å². The molecule has 0 aromatic carbocycles. The Morgan fingerprint density at radius 2 is 2.05 bits per heavy atom. The number of rotatable bonds is 3. The maximum atomic E-state index is 11.9. The summed E-state index contributed by atoms with van der Waals surface area (Å²) >= 11 is 0. The van der Waals surface area contributed by atoms with E-state index in [0.29, 0.717) is 5.82 Å². The fourth-order valence-corrected chi connectivity index (χ4v) is 2.34. The van der Waals surface area contributed by atoms with Crippen LogP contribution in [0.25, 0.3) is 0 Å². The third-order valence-electron chi connectivity index (χ3n) is 3.38. The van der Waals surface area contributed by atoms with E-state index in [1.165, 1.54) is 17.3 Å². The van der Waals surface area contributed by atoms with E-state index in [-0.39, 0.29) is 17.6 Å². The molecule has 0 spiro atoms. The van der Waals surface area contributed by atoms with E-state index in [4.69, 9.17) is 5.73 Å². The van der Waals surface area contributed by atoms with Crippen LogP contribution in [0.15, 0.2) is 6.20 Å². The summed E-state index contributed by atoms with van der Waals surface area (Å²) in [6, 6.07) is -0.114. The average Bonchev–Trinajstić information content (AvgIpc) is 2.72. The average molecular weight is 265 g/mol. The molecule has 7 nitrogen and oxygen atoms in total. The first-order valence-electron chi connectivity index (χ1n) is 6.47. The summed E-state index contributed by atoms with van der Waals surface area (Å²) in [4.78, 5) is 23.1. The van der Waals surface area contributed by atoms with Crippen LogP contribution in [0.2, 0.25) is 0 Å². The molecule has 2 rings (SSSR count). The van der Waals surface area contributed by atoms with Gasteiger partial charge in [0.25, 0.3) is 5.91 Å². The van der Waals surface area contributed by atoms with Crippen molar-refractivity contribution in [1.82, 2.24) is 15.1 Å². The summed E-state index contributed by atoms with van der Waals surface area (Å²) in [7, 11) is 1.64. The Morgan fingerprint density at radius 1 is 1.37 bits per heavy atom. The second-order valence-electron chi connectivity index (χ2n) is 4.83. The molecule has 1 aromatic heterocycles. The number of hydrogen-bond donors (Lipinski definition) is 3. The summed E-state index contributed by atoms with van der Waals surface area (Å²) in [5.41, 5.74) is 5.43. The van der Waals surface area contributed by atoms with Crippen molar-refractivity contribution < 1.29 is 9.59 Å². The quantitative estimate of drug-likeness (QED) is 0.758. The van der Waals surface area contributed by atoms with Crippen LogP contribution in [-0.2, 0) is 7.05 Å². The second-order valence-corrected chi connectivity index (χ2v) is 4.83. The molecule has 104 valence electrons. The number of carbonyl (C=O) groups is 2. The van der Waals surface area contributed by atoms with Gasteiger partial charge in [-0.25, -0.2) is 4.79 Å². The molecule has 0 bridgehead atoms. The van der Waals surface area contributed by atoms with Gasteiger partial charge in [-0.3, -0.25) is 14.8 Å². The number of amides is 3. The van der Waals surface area contributed by atoms with Gasteiger partial charge in [0.15, 0.2) is 0 Å². The lowest BCUT2D eigenvalue weighted by atomic mass is 9.96. The number of hydrogen-bond acceptors (Lipinski definition) is 3. The Hall–Kier alpha value is -2.05. The van der Waals surface area contributed by atoms with Crippen LogP contribution in [0.1, 0.15) is 42.5 Å². The third kappa shape index (κ3) is 3.24. The number of primary amides is 1. The van der Waals surface area contributed by atoms with Crippen molar-refractivity contribution >= 4 is 17.8 Å². The predicted molar refractivity (Wildman–Crippen MR) is 70.8 cm³/mol. The lowest BCUT2D eigenvalue weighted by molar-refractivity contribution is 0.100. The van der Waals surface area contributed by atoms with E-state index in [1.807, 2.05) is 0 Å². The smallest absolute Gasteiger partial charge is 0.320 e. The maximum Gasteiger partial charge on any atom is 0.320 e. The molecule has 4 N–H and O–H groups in total. The Morgan fingerprint density at radius 3 is 2.68 bits per heavy atom. The molecule has 19 heavy (non-hydrogen) atoms. The molecule has 7 heteroatoms. The SMILES string of the molecule is Cn1ncc(C(N)=O)c1NC(=O)NC1CCCCC1. The van der Waals surface area contributed by atoms with Crippen molar-refractivity contribution in [3.63, 3.8) is 0 Å². The molecule has 1 heterocycles. The normalized spacial score (nSPS) is 16.1. The Labute approximate surface area is 111 Å². The number of urea groups is 1. The summed E-state index contributed by atoms with van der Waals surface area (Å²) in [6.07, 6.45) is 6.86. The fraction of sp³-hybridized carbons (Fsp3) is 0.583. The minimum absolute atomic E-state index is 0.207. The molecular weight excluding hydrogens is 246 g/mol. The third-order valence-corrected chi connectivity index (χ3v) is 3.38.